The Hall–Kier alpha value is -6.14. The first-order valence-corrected chi connectivity index (χ1v) is 16.4. The quantitative estimate of drug-likeness (QED) is 0.172. The van der Waals surface area contributed by atoms with Gasteiger partial charge in [0, 0.05) is 51.1 Å². The maximum absolute atomic E-state index is 6.86. The SMILES string of the molecule is CCc1ncccc1N(c1nc(-c2ccccc2)c2ccc3ccccc3c2n1)c1c(CC)c2ccncc2c2c1oc1ccccc12. The van der Waals surface area contributed by atoms with E-state index < -0.39 is 0 Å². The van der Waals surface area contributed by atoms with Gasteiger partial charge in [-0.2, -0.15) is 0 Å². The molecule has 0 bridgehead atoms. The van der Waals surface area contributed by atoms with E-state index in [0.29, 0.717) is 5.95 Å². The van der Waals surface area contributed by atoms with Crippen molar-refractivity contribution in [2.75, 3.05) is 4.90 Å². The zero-order valence-corrected chi connectivity index (χ0v) is 26.7. The highest BCUT2D eigenvalue weighted by atomic mass is 16.3. The summed E-state index contributed by atoms with van der Waals surface area (Å²) in [5.41, 5.74) is 8.32. The standard InChI is InChI=1S/C42H31N5O/c1-3-28-30-22-24-43-25-33(30)37-31-17-10-11-19-36(31)48-41(37)40(28)47(35-18-12-23-44-34(35)4-2)42-45-38(27-14-6-5-7-15-27)32-21-20-26-13-8-9-16-29(26)39(32)46-42/h5-25H,3-4H2,1-2H3. The first kappa shape index (κ1) is 28.1. The van der Waals surface area contributed by atoms with E-state index in [0.717, 1.165) is 101 Å². The molecule has 0 aliphatic carbocycles. The number of para-hydroxylation sites is 1. The third kappa shape index (κ3) is 4.26. The second kappa shape index (κ2) is 11.3. The molecule has 9 rings (SSSR count). The van der Waals surface area contributed by atoms with Crippen LogP contribution in [0.2, 0.25) is 0 Å². The maximum atomic E-state index is 6.86. The van der Waals surface area contributed by atoms with Crippen LogP contribution in [0.5, 0.6) is 0 Å². The summed E-state index contributed by atoms with van der Waals surface area (Å²) in [6, 6.07) is 37.6. The predicted octanol–water partition coefficient (Wildman–Crippen LogP) is 10.9. The summed E-state index contributed by atoms with van der Waals surface area (Å²) in [5.74, 6) is 0.560. The van der Waals surface area contributed by atoms with Gasteiger partial charge in [-0.15, -0.1) is 0 Å². The fourth-order valence-electron chi connectivity index (χ4n) is 7.20. The van der Waals surface area contributed by atoms with Gasteiger partial charge in [0.2, 0.25) is 5.95 Å². The van der Waals surface area contributed by atoms with Crippen LogP contribution >= 0.6 is 0 Å². The lowest BCUT2D eigenvalue weighted by Gasteiger charge is -2.28. The zero-order valence-electron chi connectivity index (χ0n) is 26.7. The zero-order chi connectivity index (χ0) is 32.2. The van der Waals surface area contributed by atoms with Crippen molar-refractivity contribution < 1.29 is 4.42 Å². The molecule has 0 spiro atoms. The van der Waals surface area contributed by atoms with Crippen LogP contribution in [0.1, 0.15) is 25.1 Å². The lowest BCUT2D eigenvalue weighted by Crippen LogP contribution is -2.18. The molecular formula is C42H31N5O. The van der Waals surface area contributed by atoms with Gasteiger partial charge in [-0.3, -0.25) is 14.9 Å². The summed E-state index contributed by atoms with van der Waals surface area (Å²) in [4.78, 5) is 22.5. The average Bonchev–Trinajstić information content (AvgIpc) is 3.55. The van der Waals surface area contributed by atoms with Gasteiger partial charge in [-0.25, -0.2) is 9.97 Å². The van der Waals surface area contributed by atoms with Crippen molar-refractivity contribution in [2.24, 2.45) is 0 Å². The first-order valence-electron chi connectivity index (χ1n) is 16.4. The Morgan fingerprint density at radius 1 is 0.646 bits per heavy atom. The number of nitrogens with zero attached hydrogens (tertiary/aromatic N) is 5. The molecule has 0 radical (unpaired) electrons. The Bertz CT molecular complexity index is 2660. The number of benzene rings is 5. The summed E-state index contributed by atoms with van der Waals surface area (Å²) in [7, 11) is 0. The van der Waals surface area contributed by atoms with Gasteiger partial charge < -0.3 is 4.42 Å². The number of hydrogen-bond donors (Lipinski definition) is 0. The minimum atomic E-state index is 0.560. The second-order valence-corrected chi connectivity index (χ2v) is 12.0. The third-order valence-electron chi connectivity index (χ3n) is 9.36. The van der Waals surface area contributed by atoms with Gasteiger partial charge in [0.1, 0.15) is 5.58 Å². The summed E-state index contributed by atoms with van der Waals surface area (Å²) in [5, 5.41) is 7.47. The van der Waals surface area contributed by atoms with E-state index in [1.807, 2.05) is 42.9 Å². The van der Waals surface area contributed by atoms with Crippen LogP contribution in [-0.4, -0.2) is 19.9 Å². The molecule has 0 saturated carbocycles. The molecule has 4 heterocycles. The molecule has 0 amide bonds. The van der Waals surface area contributed by atoms with Gasteiger partial charge in [-0.05, 0) is 59.5 Å². The lowest BCUT2D eigenvalue weighted by molar-refractivity contribution is 0.668. The highest BCUT2D eigenvalue weighted by molar-refractivity contribution is 6.24. The number of rotatable bonds is 6. The minimum Gasteiger partial charge on any atom is -0.454 e. The molecule has 6 nitrogen and oxygen atoms in total. The molecule has 0 atom stereocenters. The number of anilines is 3. The molecule has 0 saturated heterocycles. The van der Waals surface area contributed by atoms with Gasteiger partial charge in [0.15, 0.2) is 5.58 Å². The van der Waals surface area contributed by atoms with Crippen molar-refractivity contribution in [1.82, 2.24) is 19.9 Å². The number of hydrogen-bond acceptors (Lipinski definition) is 6. The molecule has 230 valence electrons. The van der Waals surface area contributed by atoms with E-state index >= 15 is 0 Å². The van der Waals surface area contributed by atoms with Crippen molar-refractivity contribution in [2.45, 2.75) is 26.7 Å². The number of fused-ring (bicyclic) bond motifs is 8. The number of pyridine rings is 2. The number of aryl methyl sites for hydroxylation is 2. The van der Waals surface area contributed by atoms with Crippen molar-refractivity contribution in [3.8, 4) is 11.3 Å². The topological polar surface area (TPSA) is 67.9 Å². The van der Waals surface area contributed by atoms with Crippen molar-refractivity contribution in [1.29, 1.82) is 0 Å². The van der Waals surface area contributed by atoms with Crippen LogP contribution in [-0.2, 0) is 12.8 Å². The van der Waals surface area contributed by atoms with E-state index in [1.165, 1.54) is 0 Å². The smallest absolute Gasteiger partial charge is 0.235 e. The van der Waals surface area contributed by atoms with Crippen molar-refractivity contribution in [3.05, 3.63) is 139 Å². The molecule has 48 heavy (non-hydrogen) atoms. The summed E-state index contributed by atoms with van der Waals surface area (Å²) >= 11 is 0. The normalized spacial score (nSPS) is 11.7. The number of furan rings is 1. The Morgan fingerprint density at radius 2 is 1.46 bits per heavy atom. The molecule has 0 fully saturated rings. The highest BCUT2D eigenvalue weighted by Crippen LogP contribution is 2.48. The fourth-order valence-corrected chi connectivity index (χ4v) is 7.20. The molecule has 0 unspecified atom stereocenters. The van der Waals surface area contributed by atoms with Crippen LogP contribution < -0.4 is 4.90 Å². The van der Waals surface area contributed by atoms with E-state index in [1.54, 1.807) is 0 Å². The number of aromatic nitrogens is 4. The fraction of sp³-hybridized carbons (Fsp3) is 0.0952. The average molecular weight is 622 g/mol. The summed E-state index contributed by atoms with van der Waals surface area (Å²) < 4.78 is 6.86. The van der Waals surface area contributed by atoms with E-state index in [-0.39, 0.29) is 0 Å². The first-order chi connectivity index (χ1) is 23.7. The molecule has 4 aromatic heterocycles. The van der Waals surface area contributed by atoms with E-state index in [4.69, 9.17) is 19.4 Å². The molecule has 5 aromatic carbocycles. The Morgan fingerprint density at radius 3 is 2.31 bits per heavy atom. The highest BCUT2D eigenvalue weighted by Gasteiger charge is 2.29. The third-order valence-corrected chi connectivity index (χ3v) is 9.36. The monoisotopic (exact) mass is 621 g/mol. The van der Waals surface area contributed by atoms with Crippen LogP contribution in [0.25, 0.3) is 65.6 Å². The van der Waals surface area contributed by atoms with Crippen LogP contribution in [0.3, 0.4) is 0 Å². The van der Waals surface area contributed by atoms with E-state index in [2.05, 4.69) is 109 Å². The van der Waals surface area contributed by atoms with Crippen molar-refractivity contribution in [3.63, 3.8) is 0 Å². The van der Waals surface area contributed by atoms with Crippen molar-refractivity contribution >= 4 is 71.7 Å². The molecular weight excluding hydrogens is 590 g/mol. The summed E-state index contributed by atoms with van der Waals surface area (Å²) in [6.45, 7) is 4.33. The predicted molar refractivity (Wildman–Crippen MR) is 196 cm³/mol. The Balaban J connectivity index is 1.49. The maximum Gasteiger partial charge on any atom is 0.235 e. The Kier molecular flexibility index (Phi) is 6.61. The largest absolute Gasteiger partial charge is 0.454 e. The van der Waals surface area contributed by atoms with Gasteiger partial charge >= 0.3 is 0 Å². The van der Waals surface area contributed by atoms with Gasteiger partial charge in [0.25, 0.3) is 0 Å². The minimum absolute atomic E-state index is 0.560. The summed E-state index contributed by atoms with van der Waals surface area (Å²) in [6.07, 6.45) is 7.17. The van der Waals surface area contributed by atoms with Gasteiger partial charge in [0.05, 0.1) is 28.3 Å². The molecule has 0 aliphatic rings. The molecule has 0 aliphatic heterocycles. The molecule has 0 N–H and O–H groups in total. The van der Waals surface area contributed by atoms with Crippen LogP contribution in [0, 0.1) is 0 Å². The Labute approximate surface area is 277 Å². The second-order valence-electron chi connectivity index (χ2n) is 12.0. The van der Waals surface area contributed by atoms with E-state index in [9.17, 15) is 0 Å². The lowest BCUT2D eigenvalue weighted by atomic mass is 9.96. The van der Waals surface area contributed by atoms with Crippen LogP contribution in [0.15, 0.2) is 132 Å². The molecule has 6 heteroatoms. The van der Waals surface area contributed by atoms with Gasteiger partial charge in [-0.1, -0.05) is 92.7 Å². The molecule has 9 aromatic rings. The van der Waals surface area contributed by atoms with Crippen LogP contribution in [0.4, 0.5) is 17.3 Å².